The zero-order valence-corrected chi connectivity index (χ0v) is 15.0. The number of carbonyl (C=O) groups excluding carboxylic acids is 2. The molecule has 0 aliphatic heterocycles. The van der Waals surface area contributed by atoms with E-state index in [-0.39, 0.29) is 18.4 Å². The van der Waals surface area contributed by atoms with Crippen LogP contribution in [0.2, 0.25) is 0 Å². The topological polar surface area (TPSA) is 70.2 Å². The second kappa shape index (κ2) is 8.87. The predicted molar refractivity (Wildman–Crippen MR) is 103 cm³/mol. The number of rotatable bonds is 7. The molecule has 0 unspecified atom stereocenters. The van der Waals surface area contributed by atoms with Crippen molar-refractivity contribution in [3.05, 3.63) is 53.6 Å². The molecule has 0 aromatic heterocycles. The Hall–Kier alpha value is -2.82. The summed E-state index contributed by atoms with van der Waals surface area (Å²) >= 11 is 0. The number of aryl methyl sites for hydroxylation is 1. The maximum Gasteiger partial charge on any atom is 0.243 e. The molecule has 5 heteroatoms. The van der Waals surface area contributed by atoms with E-state index < -0.39 is 0 Å². The van der Waals surface area contributed by atoms with Crippen LogP contribution in [0.1, 0.15) is 30.9 Å². The molecule has 2 rings (SSSR count). The van der Waals surface area contributed by atoms with Gasteiger partial charge in [0.2, 0.25) is 11.8 Å². The summed E-state index contributed by atoms with van der Waals surface area (Å²) in [6.45, 7) is 6.15. The van der Waals surface area contributed by atoms with E-state index in [2.05, 4.69) is 16.0 Å². The van der Waals surface area contributed by atoms with E-state index in [9.17, 15) is 9.59 Å². The number of nitrogens with one attached hydrogen (secondary N) is 3. The molecule has 0 atom stereocenters. The molecular weight excluding hydrogens is 314 g/mol. The van der Waals surface area contributed by atoms with Crippen molar-refractivity contribution in [3.8, 4) is 0 Å². The summed E-state index contributed by atoms with van der Waals surface area (Å²) in [5.41, 5.74) is 4.63. The molecule has 2 aromatic rings. The lowest BCUT2D eigenvalue weighted by Crippen LogP contribution is -2.22. The molecule has 0 saturated heterocycles. The molecule has 0 spiro atoms. The summed E-state index contributed by atoms with van der Waals surface area (Å²) in [6, 6.07) is 13.2. The third kappa shape index (κ3) is 5.64. The fourth-order valence-corrected chi connectivity index (χ4v) is 2.39. The highest BCUT2D eigenvalue weighted by molar-refractivity contribution is 5.94. The van der Waals surface area contributed by atoms with Crippen LogP contribution in [0.5, 0.6) is 0 Å². The highest BCUT2D eigenvalue weighted by Gasteiger charge is 2.06. The molecule has 0 saturated carbocycles. The molecular formula is C20H25N3O2. The molecule has 0 aliphatic carbocycles. The first-order chi connectivity index (χ1) is 12.0. The van der Waals surface area contributed by atoms with Gasteiger partial charge in [0.05, 0.1) is 6.54 Å². The van der Waals surface area contributed by atoms with E-state index >= 15 is 0 Å². The zero-order valence-electron chi connectivity index (χ0n) is 15.0. The summed E-state index contributed by atoms with van der Waals surface area (Å²) < 4.78 is 0. The molecule has 0 radical (unpaired) electrons. The first-order valence-corrected chi connectivity index (χ1v) is 8.49. The Morgan fingerprint density at radius 2 is 1.56 bits per heavy atom. The Balaban J connectivity index is 1.85. The van der Waals surface area contributed by atoms with Gasteiger partial charge in [-0.05, 0) is 61.7 Å². The molecule has 0 bridgehead atoms. The third-order valence-corrected chi connectivity index (χ3v) is 3.98. The van der Waals surface area contributed by atoms with Gasteiger partial charge in [0.1, 0.15) is 0 Å². The minimum Gasteiger partial charge on any atom is -0.376 e. The molecule has 5 nitrogen and oxygen atoms in total. The van der Waals surface area contributed by atoms with E-state index in [0.29, 0.717) is 6.42 Å². The van der Waals surface area contributed by atoms with Crippen LogP contribution in [0.15, 0.2) is 42.5 Å². The number of carbonyl (C=O) groups is 2. The van der Waals surface area contributed by atoms with Crippen LogP contribution in [0.3, 0.4) is 0 Å². The molecule has 0 fully saturated rings. The normalized spacial score (nSPS) is 10.2. The SMILES string of the molecule is CCCC(=O)Nc1ccc(NCC(=O)Nc2cccc(C)c2C)cc1. The first-order valence-electron chi connectivity index (χ1n) is 8.49. The van der Waals surface area contributed by atoms with E-state index in [1.165, 1.54) is 0 Å². The van der Waals surface area contributed by atoms with Crippen LogP contribution >= 0.6 is 0 Å². The van der Waals surface area contributed by atoms with E-state index in [0.717, 1.165) is 34.6 Å². The zero-order chi connectivity index (χ0) is 18.2. The van der Waals surface area contributed by atoms with Crippen molar-refractivity contribution >= 4 is 28.9 Å². The quantitative estimate of drug-likeness (QED) is 0.711. The standard InChI is InChI=1S/C20H25N3O2/c1-4-6-19(24)22-17-11-9-16(10-12-17)21-13-20(25)23-18-8-5-7-14(2)15(18)3/h5,7-12,21H,4,6,13H2,1-3H3,(H,22,24)(H,23,25). The summed E-state index contributed by atoms with van der Waals surface area (Å²) in [7, 11) is 0. The maximum absolute atomic E-state index is 12.1. The molecule has 0 heterocycles. The second-order valence-corrected chi connectivity index (χ2v) is 6.02. The Kier molecular flexibility index (Phi) is 6.57. The van der Waals surface area contributed by atoms with Crippen molar-refractivity contribution < 1.29 is 9.59 Å². The Morgan fingerprint density at radius 3 is 2.24 bits per heavy atom. The van der Waals surface area contributed by atoms with Crippen molar-refractivity contribution in [2.75, 3.05) is 22.5 Å². The minimum atomic E-state index is -0.103. The molecule has 132 valence electrons. The average molecular weight is 339 g/mol. The lowest BCUT2D eigenvalue weighted by molar-refractivity contribution is -0.116. The lowest BCUT2D eigenvalue weighted by atomic mass is 10.1. The average Bonchev–Trinajstić information content (AvgIpc) is 2.58. The van der Waals surface area contributed by atoms with Gasteiger partial charge < -0.3 is 16.0 Å². The molecule has 3 N–H and O–H groups in total. The first kappa shape index (κ1) is 18.5. The Bertz CT molecular complexity index is 739. The van der Waals surface area contributed by atoms with Crippen molar-refractivity contribution in [2.24, 2.45) is 0 Å². The smallest absolute Gasteiger partial charge is 0.243 e. The maximum atomic E-state index is 12.1. The van der Waals surface area contributed by atoms with Gasteiger partial charge in [-0.25, -0.2) is 0 Å². The van der Waals surface area contributed by atoms with Crippen molar-refractivity contribution in [2.45, 2.75) is 33.6 Å². The van der Waals surface area contributed by atoms with Crippen LogP contribution in [-0.4, -0.2) is 18.4 Å². The fraction of sp³-hybridized carbons (Fsp3) is 0.300. The summed E-state index contributed by atoms with van der Waals surface area (Å²) in [5.74, 6) is -0.0925. The number of anilines is 3. The number of amides is 2. The monoisotopic (exact) mass is 339 g/mol. The van der Waals surface area contributed by atoms with Gasteiger partial charge >= 0.3 is 0 Å². The predicted octanol–water partition coefficient (Wildman–Crippen LogP) is 4.09. The number of hydrogen-bond donors (Lipinski definition) is 3. The van der Waals surface area contributed by atoms with Crippen molar-refractivity contribution in [3.63, 3.8) is 0 Å². The number of hydrogen-bond acceptors (Lipinski definition) is 3. The van der Waals surface area contributed by atoms with E-state index in [1.54, 1.807) is 0 Å². The van der Waals surface area contributed by atoms with Gasteiger partial charge in [0.25, 0.3) is 0 Å². The summed E-state index contributed by atoms with van der Waals surface area (Å²) in [4.78, 5) is 23.7. The molecule has 0 aliphatic rings. The van der Waals surface area contributed by atoms with Crippen molar-refractivity contribution in [1.82, 2.24) is 0 Å². The minimum absolute atomic E-state index is 0.0103. The van der Waals surface area contributed by atoms with E-state index in [4.69, 9.17) is 0 Å². The summed E-state index contributed by atoms with van der Waals surface area (Å²) in [5, 5.41) is 8.83. The van der Waals surface area contributed by atoms with Crippen LogP contribution in [0.25, 0.3) is 0 Å². The Labute approximate surface area is 148 Å². The molecule has 2 aromatic carbocycles. The van der Waals surface area contributed by atoms with Crippen LogP contribution in [0.4, 0.5) is 17.1 Å². The lowest BCUT2D eigenvalue weighted by Gasteiger charge is -2.12. The fourth-order valence-electron chi connectivity index (χ4n) is 2.39. The van der Waals surface area contributed by atoms with Gasteiger partial charge in [0, 0.05) is 23.5 Å². The van der Waals surface area contributed by atoms with Gasteiger partial charge in [-0.2, -0.15) is 0 Å². The number of benzene rings is 2. The third-order valence-electron chi connectivity index (χ3n) is 3.98. The van der Waals surface area contributed by atoms with Gasteiger partial charge in [-0.15, -0.1) is 0 Å². The summed E-state index contributed by atoms with van der Waals surface area (Å²) in [6.07, 6.45) is 1.33. The highest BCUT2D eigenvalue weighted by Crippen LogP contribution is 2.18. The van der Waals surface area contributed by atoms with Crippen molar-refractivity contribution in [1.29, 1.82) is 0 Å². The van der Waals surface area contributed by atoms with Gasteiger partial charge in [-0.3, -0.25) is 9.59 Å². The second-order valence-electron chi connectivity index (χ2n) is 6.02. The van der Waals surface area contributed by atoms with Crippen LogP contribution in [-0.2, 0) is 9.59 Å². The highest BCUT2D eigenvalue weighted by atomic mass is 16.2. The largest absolute Gasteiger partial charge is 0.376 e. The van der Waals surface area contributed by atoms with E-state index in [1.807, 2.05) is 63.2 Å². The molecule has 25 heavy (non-hydrogen) atoms. The van der Waals surface area contributed by atoms with Crippen LogP contribution in [0, 0.1) is 13.8 Å². The van der Waals surface area contributed by atoms with Gasteiger partial charge in [0.15, 0.2) is 0 Å². The molecule has 2 amide bonds. The van der Waals surface area contributed by atoms with Crippen LogP contribution < -0.4 is 16.0 Å². The Morgan fingerprint density at radius 1 is 0.880 bits per heavy atom. The van der Waals surface area contributed by atoms with Gasteiger partial charge in [-0.1, -0.05) is 19.1 Å².